The summed E-state index contributed by atoms with van der Waals surface area (Å²) in [5, 5.41) is 13.3. The van der Waals surface area contributed by atoms with E-state index in [0.29, 0.717) is 13.0 Å². The van der Waals surface area contributed by atoms with E-state index in [4.69, 9.17) is 4.74 Å². The predicted octanol–water partition coefficient (Wildman–Crippen LogP) is 2.58. The van der Waals surface area contributed by atoms with Crippen LogP contribution in [-0.2, 0) is 6.42 Å². The first kappa shape index (κ1) is 12.2. The topological polar surface area (TPSA) is 41.5 Å². The number of hydrogen-bond acceptors (Lipinski definition) is 3. The fourth-order valence-electron chi connectivity index (χ4n) is 1.93. The number of rotatable bonds is 4. The van der Waals surface area contributed by atoms with Crippen LogP contribution in [-0.4, -0.2) is 23.9 Å². The van der Waals surface area contributed by atoms with Crippen LogP contribution in [0.5, 0.6) is 5.75 Å². The van der Waals surface area contributed by atoms with Crippen molar-refractivity contribution in [3.63, 3.8) is 0 Å². The Morgan fingerprint density at radius 2 is 2.29 bits per heavy atom. The summed E-state index contributed by atoms with van der Waals surface area (Å²) < 4.78 is 5.75. The summed E-state index contributed by atoms with van der Waals surface area (Å²) in [6, 6.07) is 6.11. The number of hydrogen-bond donors (Lipinski definition) is 2. The molecule has 0 amide bonds. The molecule has 0 bridgehead atoms. The molecule has 0 aromatic heterocycles. The Morgan fingerprint density at radius 1 is 1.47 bits per heavy atom. The summed E-state index contributed by atoms with van der Waals surface area (Å²) in [7, 11) is 0. The van der Waals surface area contributed by atoms with E-state index >= 15 is 0 Å². The molecule has 3 nitrogen and oxygen atoms in total. The monoisotopic (exact) mass is 235 g/mol. The van der Waals surface area contributed by atoms with Crippen LogP contribution in [0.25, 0.3) is 0 Å². The number of anilines is 1. The molecule has 0 saturated heterocycles. The van der Waals surface area contributed by atoms with Crippen LogP contribution in [0.3, 0.4) is 0 Å². The third-order valence-corrected chi connectivity index (χ3v) is 3.34. The molecule has 0 radical (unpaired) electrons. The Kier molecular flexibility index (Phi) is 3.57. The van der Waals surface area contributed by atoms with Crippen LogP contribution in [0.2, 0.25) is 0 Å². The van der Waals surface area contributed by atoms with Gasteiger partial charge in [-0.05, 0) is 37.8 Å². The molecule has 17 heavy (non-hydrogen) atoms. The SMILES string of the molecule is CCC(C)(O)COc1cccc2c1NCCC2. The Balaban J connectivity index is 2.11. The maximum Gasteiger partial charge on any atom is 0.142 e. The molecule has 1 heterocycles. The van der Waals surface area contributed by atoms with E-state index in [1.165, 1.54) is 12.0 Å². The number of aliphatic hydroxyl groups is 1. The zero-order chi connectivity index (χ0) is 12.3. The van der Waals surface area contributed by atoms with Crippen LogP contribution in [0.1, 0.15) is 32.3 Å². The molecule has 3 heteroatoms. The predicted molar refractivity (Wildman–Crippen MR) is 69.7 cm³/mol. The number of ether oxygens (including phenoxy) is 1. The van der Waals surface area contributed by atoms with Crippen molar-refractivity contribution in [2.75, 3.05) is 18.5 Å². The van der Waals surface area contributed by atoms with Crippen molar-refractivity contribution in [1.82, 2.24) is 0 Å². The molecule has 2 N–H and O–H groups in total. The fourth-order valence-corrected chi connectivity index (χ4v) is 1.93. The van der Waals surface area contributed by atoms with Gasteiger partial charge in [-0.3, -0.25) is 0 Å². The van der Waals surface area contributed by atoms with Gasteiger partial charge >= 0.3 is 0 Å². The first-order valence-corrected chi connectivity index (χ1v) is 6.33. The van der Waals surface area contributed by atoms with Gasteiger partial charge in [-0.1, -0.05) is 19.1 Å². The van der Waals surface area contributed by atoms with Crippen LogP contribution < -0.4 is 10.1 Å². The summed E-state index contributed by atoms with van der Waals surface area (Å²) in [6.45, 7) is 5.09. The zero-order valence-electron chi connectivity index (χ0n) is 10.6. The van der Waals surface area contributed by atoms with Gasteiger partial charge in [0.2, 0.25) is 0 Å². The standard InChI is InChI=1S/C14H21NO2/c1-3-14(2,16)10-17-12-8-4-6-11-7-5-9-15-13(11)12/h4,6,8,15-16H,3,5,7,9-10H2,1-2H3. The summed E-state index contributed by atoms with van der Waals surface area (Å²) in [4.78, 5) is 0. The highest BCUT2D eigenvalue weighted by molar-refractivity contribution is 5.63. The van der Waals surface area contributed by atoms with E-state index in [-0.39, 0.29) is 0 Å². The van der Waals surface area contributed by atoms with Crippen molar-refractivity contribution in [3.05, 3.63) is 23.8 Å². The third kappa shape index (κ3) is 2.91. The number of para-hydroxylation sites is 1. The lowest BCUT2D eigenvalue weighted by Crippen LogP contribution is -2.31. The van der Waals surface area contributed by atoms with Crippen LogP contribution in [0, 0.1) is 0 Å². The second-order valence-electron chi connectivity index (χ2n) is 4.96. The molecule has 1 unspecified atom stereocenters. The Hall–Kier alpha value is -1.22. The molecular formula is C14H21NO2. The summed E-state index contributed by atoms with van der Waals surface area (Å²) in [5.41, 5.74) is 1.66. The van der Waals surface area contributed by atoms with Crippen molar-refractivity contribution < 1.29 is 9.84 Å². The second-order valence-corrected chi connectivity index (χ2v) is 4.96. The van der Waals surface area contributed by atoms with Crippen molar-refractivity contribution in [1.29, 1.82) is 0 Å². The summed E-state index contributed by atoms with van der Waals surface area (Å²) >= 11 is 0. The first-order valence-electron chi connectivity index (χ1n) is 6.33. The average Bonchev–Trinajstić information content (AvgIpc) is 2.36. The normalized spacial score (nSPS) is 17.8. The molecule has 1 aromatic rings. The Bertz CT molecular complexity index is 388. The molecule has 1 aromatic carbocycles. The number of fused-ring (bicyclic) bond motifs is 1. The van der Waals surface area contributed by atoms with Gasteiger partial charge in [0, 0.05) is 6.54 Å². The van der Waals surface area contributed by atoms with Gasteiger partial charge in [-0.25, -0.2) is 0 Å². The van der Waals surface area contributed by atoms with Gasteiger partial charge in [0.25, 0.3) is 0 Å². The van der Waals surface area contributed by atoms with Gasteiger partial charge < -0.3 is 15.2 Å². The number of aryl methyl sites for hydroxylation is 1. The molecule has 1 atom stereocenters. The number of benzene rings is 1. The maximum atomic E-state index is 9.94. The van der Waals surface area contributed by atoms with E-state index in [1.54, 1.807) is 6.92 Å². The van der Waals surface area contributed by atoms with Crippen LogP contribution in [0.15, 0.2) is 18.2 Å². The highest BCUT2D eigenvalue weighted by Gasteiger charge is 2.20. The van der Waals surface area contributed by atoms with Crippen molar-refractivity contribution in [2.24, 2.45) is 0 Å². The van der Waals surface area contributed by atoms with E-state index < -0.39 is 5.60 Å². The molecule has 0 spiro atoms. The lowest BCUT2D eigenvalue weighted by molar-refractivity contribution is 0.00866. The minimum absolute atomic E-state index is 0.335. The van der Waals surface area contributed by atoms with E-state index in [0.717, 1.165) is 24.4 Å². The van der Waals surface area contributed by atoms with Gasteiger partial charge in [0.15, 0.2) is 0 Å². The van der Waals surface area contributed by atoms with Crippen molar-refractivity contribution >= 4 is 5.69 Å². The molecule has 0 fully saturated rings. The lowest BCUT2D eigenvalue weighted by atomic mass is 10.0. The molecule has 1 aliphatic rings. The Morgan fingerprint density at radius 3 is 3.06 bits per heavy atom. The number of nitrogens with one attached hydrogen (secondary N) is 1. The van der Waals surface area contributed by atoms with Crippen LogP contribution in [0.4, 0.5) is 5.69 Å². The van der Waals surface area contributed by atoms with Gasteiger partial charge in [0.1, 0.15) is 12.4 Å². The third-order valence-electron chi connectivity index (χ3n) is 3.34. The van der Waals surface area contributed by atoms with Gasteiger partial charge in [-0.15, -0.1) is 0 Å². The molecule has 2 rings (SSSR count). The van der Waals surface area contributed by atoms with Crippen LogP contribution >= 0.6 is 0 Å². The first-order chi connectivity index (χ1) is 8.12. The van der Waals surface area contributed by atoms with Crippen molar-refractivity contribution in [3.8, 4) is 5.75 Å². The second kappa shape index (κ2) is 4.96. The average molecular weight is 235 g/mol. The summed E-state index contributed by atoms with van der Waals surface area (Å²) in [5.74, 6) is 0.857. The maximum absolute atomic E-state index is 9.94. The minimum Gasteiger partial charge on any atom is -0.488 e. The van der Waals surface area contributed by atoms with E-state index in [9.17, 15) is 5.11 Å². The molecule has 94 valence electrons. The highest BCUT2D eigenvalue weighted by Crippen LogP contribution is 2.32. The van der Waals surface area contributed by atoms with Gasteiger partial charge in [0.05, 0.1) is 11.3 Å². The van der Waals surface area contributed by atoms with Crippen molar-refractivity contribution in [2.45, 2.75) is 38.7 Å². The minimum atomic E-state index is -0.753. The molecular weight excluding hydrogens is 214 g/mol. The lowest BCUT2D eigenvalue weighted by Gasteiger charge is -2.25. The molecule has 0 saturated carbocycles. The van der Waals surface area contributed by atoms with E-state index in [2.05, 4.69) is 11.4 Å². The summed E-state index contributed by atoms with van der Waals surface area (Å²) in [6.07, 6.45) is 2.96. The Labute approximate surface area is 103 Å². The zero-order valence-corrected chi connectivity index (χ0v) is 10.6. The molecule has 0 aliphatic carbocycles. The fraction of sp³-hybridized carbons (Fsp3) is 0.571. The van der Waals surface area contributed by atoms with Gasteiger partial charge in [-0.2, -0.15) is 0 Å². The molecule has 1 aliphatic heterocycles. The quantitative estimate of drug-likeness (QED) is 0.843. The largest absolute Gasteiger partial charge is 0.488 e. The highest BCUT2D eigenvalue weighted by atomic mass is 16.5. The smallest absolute Gasteiger partial charge is 0.142 e. The van der Waals surface area contributed by atoms with E-state index in [1.807, 2.05) is 19.1 Å².